The number of furan rings is 1. The maximum Gasteiger partial charge on any atom is 0.223 e. The highest BCUT2D eigenvalue weighted by Crippen LogP contribution is 2.39. The number of aryl methyl sites for hydroxylation is 2. The number of likely N-dealkylation sites (tertiary alicyclic amines) is 2. The molecule has 144 valence electrons. The van der Waals surface area contributed by atoms with Crippen LogP contribution in [0.25, 0.3) is 0 Å². The minimum atomic E-state index is 0.277. The summed E-state index contributed by atoms with van der Waals surface area (Å²) in [7, 11) is 0. The number of rotatable bonds is 5. The molecular weight excluding hydrogens is 336 g/mol. The maximum atomic E-state index is 12.6. The molecule has 0 radical (unpaired) electrons. The van der Waals surface area contributed by atoms with E-state index < -0.39 is 0 Å². The molecule has 0 aliphatic carbocycles. The Balaban J connectivity index is 1.32. The van der Waals surface area contributed by atoms with E-state index in [0.29, 0.717) is 18.3 Å². The molecule has 2 aliphatic rings. The summed E-state index contributed by atoms with van der Waals surface area (Å²) in [5.74, 6) is 1.18. The summed E-state index contributed by atoms with van der Waals surface area (Å²) in [6.45, 7) is 7.30. The van der Waals surface area contributed by atoms with Crippen LogP contribution in [0.4, 0.5) is 0 Å². The molecule has 1 aromatic heterocycles. The van der Waals surface area contributed by atoms with Crippen molar-refractivity contribution in [2.75, 3.05) is 26.2 Å². The zero-order valence-corrected chi connectivity index (χ0v) is 16.3. The first-order valence-electron chi connectivity index (χ1n) is 10.2. The monoisotopic (exact) mass is 366 g/mol. The zero-order valence-electron chi connectivity index (χ0n) is 16.3. The molecule has 0 N–H and O–H groups in total. The lowest BCUT2D eigenvalue weighted by atomic mass is 9.79. The first-order chi connectivity index (χ1) is 13.1. The fourth-order valence-electron chi connectivity index (χ4n) is 4.84. The molecular formula is C23H30N2O2. The molecule has 3 heterocycles. The Morgan fingerprint density at radius 3 is 2.89 bits per heavy atom. The van der Waals surface area contributed by atoms with Crippen molar-refractivity contribution in [3.05, 3.63) is 59.5 Å². The van der Waals surface area contributed by atoms with Crippen LogP contribution < -0.4 is 0 Å². The van der Waals surface area contributed by atoms with Crippen LogP contribution in [0, 0.1) is 12.3 Å². The van der Waals surface area contributed by atoms with E-state index in [1.54, 1.807) is 6.26 Å². The van der Waals surface area contributed by atoms with Gasteiger partial charge in [-0.1, -0.05) is 29.8 Å². The minimum Gasteiger partial charge on any atom is -0.469 e. The smallest absolute Gasteiger partial charge is 0.223 e. The van der Waals surface area contributed by atoms with Crippen LogP contribution >= 0.6 is 0 Å². The highest BCUT2D eigenvalue weighted by atomic mass is 16.3. The van der Waals surface area contributed by atoms with Gasteiger partial charge in [-0.05, 0) is 50.4 Å². The largest absolute Gasteiger partial charge is 0.469 e. The summed E-state index contributed by atoms with van der Waals surface area (Å²) in [4.78, 5) is 17.3. The van der Waals surface area contributed by atoms with E-state index in [1.807, 2.05) is 12.1 Å². The van der Waals surface area contributed by atoms with E-state index in [9.17, 15) is 4.79 Å². The van der Waals surface area contributed by atoms with Crippen molar-refractivity contribution < 1.29 is 9.21 Å². The van der Waals surface area contributed by atoms with Gasteiger partial charge in [0.2, 0.25) is 5.91 Å². The lowest BCUT2D eigenvalue weighted by molar-refractivity contribution is -0.130. The molecule has 4 heteroatoms. The van der Waals surface area contributed by atoms with Crippen molar-refractivity contribution in [2.45, 2.75) is 45.6 Å². The van der Waals surface area contributed by atoms with Gasteiger partial charge in [-0.3, -0.25) is 9.69 Å². The number of carbonyl (C=O) groups is 1. The van der Waals surface area contributed by atoms with Gasteiger partial charge in [-0.15, -0.1) is 0 Å². The van der Waals surface area contributed by atoms with Crippen molar-refractivity contribution in [1.82, 2.24) is 9.80 Å². The lowest BCUT2D eigenvalue weighted by Crippen LogP contribution is -2.45. The van der Waals surface area contributed by atoms with Crippen molar-refractivity contribution in [1.29, 1.82) is 0 Å². The number of benzene rings is 1. The average Bonchev–Trinajstić information content (AvgIpc) is 3.30. The first-order valence-corrected chi connectivity index (χ1v) is 10.2. The predicted molar refractivity (Wildman–Crippen MR) is 106 cm³/mol. The number of hydrogen-bond acceptors (Lipinski definition) is 3. The molecule has 2 saturated heterocycles. The molecule has 27 heavy (non-hydrogen) atoms. The van der Waals surface area contributed by atoms with E-state index in [-0.39, 0.29) is 5.91 Å². The van der Waals surface area contributed by atoms with Crippen molar-refractivity contribution in [2.24, 2.45) is 5.41 Å². The van der Waals surface area contributed by atoms with E-state index in [0.717, 1.165) is 38.4 Å². The Hall–Kier alpha value is -2.07. The second kappa shape index (κ2) is 7.89. The number of carbonyl (C=O) groups excluding carboxylic acids is 1. The second-order valence-electron chi connectivity index (χ2n) is 8.45. The third kappa shape index (κ3) is 4.44. The summed E-state index contributed by atoms with van der Waals surface area (Å²) < 4.78 is 5.36. The molecule has 1 amide bonds. The van der Waals surface area contributed by atoms with Crippen LogP contribution in [0.15, 0.2) is 47.1 Å². The molecule has 4 rings (SSSR count). The normalized spacial score (nSPS) is 23.2. The number of piperidine rings is 1. The van der Waals surface area contributed by atoms with Gasteiger partial charge in [0.1, 0.15) is 5.76 Å². The molecule has 1 aromatic carbocycles. The van der Waals surface area contributed by atoms with Gasteiger partial charge >= 0.3 is 0 Å². The van der Waals surface area contributed by atoms with Gasteiger partial charge in [0.25, 0.3) is 0 Å². The third-order valence-corrected chi connectivity index (χ3v) is 6.19. The summed E-state index contributed by atoms with van der Waals surface area (Å²) in [5.41, 5.74) is 3.02. The van der Waals surface area contributed by atoms with Gasteiger partial charge in [0.05, 0.1) is 6.26 Å². The maximum absolute atomic E-state index is 12.6. The van der Waals surface area contributed by atoms with Gasteiger partial charge in [-0.25, -0.2) is 0 Å². The lowest BCUT2D eigenvalue weighted by Gasteiger charge is -2.40. The SMILES string of the molecule is Cc1cccc(CN2CCC[C@@]3(CCN(C(=O)CCc4ccco4)C3)C2)c1. The van der Waals surface area contributed by atoms with Crippen LogP contribution in [0.5, 0.6) is 0 Å². The number of nitrogens with zero attached hydrogens (tertiary/aromatic N) is 2. The van der Waals surface area contributed by atoms with Crippen molar-refractivity contribution in [3.63, 3.8) is 0 Å². The van der Waals surface area contributed by atoms with Gasteiger partial charge < -0.3 is 9.32 Å². The Bertz CT molecular complexity index is 770. The molecule has 0 bridgehead atoms. The molecule has 2 fully saturated rings. The Morgan fingerprint density at radius 1 is 1.15 bits per heavy atom. The molecule has 1 spiro atoms. The molecule has 1 atom stereocenters. The third-order valence-electron chi connectivity index (χ3n) is 6.19. The minimum absolute atomic E-state index is 0.277. The van der Waals surface area contributed by atoms with E-state index in [1.165, 1.54) is 30.5 Å². The van der Waals surface area contributed by atoms with Gasteiger partial charge in [-0.2, -0.15) is 0 Å². The topological polar surface area (TPSA) is 36.7 Å². The van der Waals surface area contributed by atoms with E-state index in [2.05, 4.69) is 41.0 Å². The first kappa shape index (κ1) is 18.3. The van der Waals surface area contributed by atoms with Crippen LogP contribution in [-0.2, 0) is 17.8 Å². The quantitative estimate of drug-likeness (QED) is 0.801. The van der Waals surface area contributed by atoms with Gasteiger partial charge in [0, 0.05) is 44.4 Å². The van der Waals surface area contributed by atoms with Crippen LogP contribution in [0.2, 0.25) is 0 Å². The predicted octanol–water partition coefficient (Wildman–Crippen LogP) is 4.04. The highest BCUT2D eigenvalue weighted by molar-refractivity contribution is 5.76. The van der Waals surface area contributed by atoms with Crippen molar-refractivity contribution in [3.8, 4) is 0 Å². The van der Waals surface area contributed by atoms with Gasteiger partial charge in [0.15, 0.2) is 0 Å². The zero-order chi connectivity index (χ0) is 18.7. The average molecular weight is 367 g/mol. The summed E-state index contributed by atoms with van der Waals surface area (Å²) in [6.07, 6.45) is 6.56. The van der Waals surface area contributed by atoms with Crippen LogP contribution in [-0.4, -0.2) is 41.9 Å². The van der Waals surface area contributed by atoms with Crippen molar-refractivity contribution >= 4 is 5.91 Å². The molecule has 4 nitrogen and oxygen atoms in total. The second-order valence-corrected chi connectivity index (χ2v) is 8.45. The summed E-state index contributed by atoms with van der Waals surface area (Å²) in [6, 6.07) is 12.7. The summed E-state index contributed by atoms with van der Waals surface area (Å²) >= 11 is 0. The summed E-state index contributed by atoms with van der Waals surface area (Å²) in [5, 5.41) is 0. The molecule has 0 saturated carbocycles. The molecule has 2 aromatic rings. The van der Waals surface area contributed by atoms with Crippen LogP contribution in [0.1, 0.15) is 42.6 Å². The number of hydrogen-bond donors (Lipinski definition) is 0. The standard InChI is InChI=1S/C23H30N2O2/c1-19-5-2-6-20(15-19)16-24-12-4-10-23(17-24)11-13-25(18-23)22(26)9-8-21-7-3-14-27-21/h2-3,5-7,14-15H,4,8-13,16-18H2,1H3/t23-/m1/s1. The molecule has 2 aliphatic heterocycles. The van der Waals surface area contributed by atoms with E-state index >= 15 is 0 Å². The Kier molecular flexibility index (Phi) is 5.35. The number of amides is 1. The Morgan fingerprint density at radius 2 is 2.07 bits per heavy atom. The highest BCUT2D eigenvalue weighted by Gasteiger charge is 2.42. The van der Waals surface area contributed by atoms with E-state index in [4.69, 9.17) is 4.42 Å². The fourth-order valence-corrected chi connectivity index (χ4v) is 4.84. The Labute approximate surface area is 162 Å². The molecule has 0 unspecified atom stereocenters. The van der Waals surface area contributed by atoms with Crippen LogP contribution in [0.3, 0.4) is 0 Å². The fraction of sp³-hybridized carbons (Fsp3) is 0.522.